The highest BCUT2D eigenvalue weighted by molar-refractivity contribution is 7.51. The van der Waals surface area contributed by atoms with Crippen molar-refractivity contribution in [2.45, 2.75) is 97.5 Å². The van der Waals surface area contributed by atoms with Crippen molar-refractivity contribution >= 4 is 36.5 Å². The second kappa shape index (κ2) is 10.6. The molecule has 0 aliphatic heterocycles. The third-order valence-corrected chi connectivity index (χ3v) is 6.52. The number of rotatable bonds is 9. The van der Waals surface area contributed by atoms with Crippen molar-refractivity contribution in [2.24, 2.45) is 0 Å². The number of carbonyl (C=O) groups excluding carboxylic acids is 2. The predicted octanol–water partition coefficient (Wildman–Crippen LogP) is 2.76. The summed E-state index contributed by atoms with van der Waals surface area (Å²) in [5, 5.41) is 11.3. The third-order valence-electron chi connectivity index (χ3n) is 5.68. The van der Waals surface area contributed by atoms with Gasteiger partial charge in [0.2, 0.25) is 11.6 Å². The van der Waals surface area contributed by atoms with E-state index in [0.29, 0.717) is 0 Å². The highest BCUT2D eigenvalue weighted by atomic mass is 31.2. The van der Waals surface area contributed by atoms with Gasteiger partial charge in [0.05, 0.1) is 17.8 Å². The molecular weight excluding hydrogens is 505 g/mol. The zero-order valence-corrected chi connectivity index (χ0v) is 23.5. The van der Waals surface area contributed by atoms with Gasteiger partial charge >= 0.3 is 19.5 Å². The molecule has 37 heavy (non-hydrogen) atoms. The van der Waals surface area contributed by atoms with Gasteiger partial charge < -0.3 is 30.1 Å². The van der Waals surface area contributed by atoms with Crippen LogP contribution in [0.2, 0.25) is 0 Å². The fourth-order valence-corrected chi connectivity index (χ4v) is 4.60. The number of aliphatic hydroxyl groups excluding tert-OH is 1. The lowest BCUT2D eigenvalue weighted by Gasteiger charge is -2.39. The van der Waals surface area contributed by atoms with Crippen molar-refractivity contribution in [3.05, 3.63) is 11.6 Å². The molecule has 0 saturated heterocycles. The van der Waals surface area contributed by atoms with Gasteiger partial charge in [0.1, 0.15) is 11.2 Å². The van der Waals surface area contributed by atoms with Crippen molar-refractivity contribution in [2.75, 3.05) is 11.9 Å². The zero-order chi connectivity index (χ0) is 28.6. The van der Waals surface area contributed by atoms with Crippen molar-refractivity contribution in [1.29, 1.82) is 0 Å². The highest BCUT2D eigenvalue weighted by Crippen LogP contribution is 2.41. The Morgan fingerprint density at radius 3 is 1.95 bits per heavy atom. The van der Waals surface area contributed by atoms with E-state index >= 15 is 0 Å². The van der Waals surface area contributed by atoms with Crippen LogP contribution in [0, 0.1) is 0 Å². The minimum atomic E-state index is -4.43. The fourth-order valence-electron chi connectivity index (χ4n) is 4.02. The van der Waals surface area contributed by atoms with Crippen LogP contribution in [-0.4, -0.2) is 69.8 Å². The molecule has 0 spiro atoms. The van der Waals surface area contributed by atoms with E-state index in [0.717, 1.165) is 0 Å². The van der Waals surface area contributed by atoms with Gasteiger partial charge in [-0.1, -0.05) is 13.8 Å². The molecule has 2 aromatic rings. The highest BCUT2D eigenvalue weighted by Gasteiger charge is 2.43. The largest absolute Gasteiger partial charge is 0.454 e. The Bertz CT molecular complexity index is 1200. The van der Waals surface area contributed by atoms with Gasteiger partial charge in [0, 0.05) is 0 Å². The van der Waals surface area contributed by atoms with Crippen LogP contribution in [0.3, 0.4) is 0 Å². The van der Waals surface area contributed by atoms with Gasteiger partial charge in [0.25, 0.3) is 0 Å². The Hall–Kier alpha value is -2.60. The number of fused-ring (bicyclic) bond motifs is 1. The van der Waals surface area contributed by atoms with Crippen LogP contribution in [0.15, 0.2) is 0 Å². The molecule has 14 heteroatoms. The van der Waals surface area contributed by atoms with E-state index < -0.39 is 48.5 Å². The van der Waals surface area contributed by atoms with Gasteiger partial charge in [-0.05, 0) is 60.8 Å². The van der Waals surface area contributed by atoms with E-state index in [9.17, 15) is 29.0 Å². The first-order valence-electron chi connectivity index (χ1n) is 12.0. The molecular formula is C23H38N5O8P. The number of aliphatic hydroxyl groups is 1. The van der Waals surface area contributed by atoms with Crippen molar-refractivity contribution < 1.29 is 38.5 Å². The lowest BCUT2D eigenvalue weighted by atomic mass is 9.84. The molecule has 0 fully saturated rings. The molecule has 0 aliphatic carbocycles. The smallest absolute Gasteiger partial charge is 0.377 e. The van der Waals surface area contributed by atoms with Gasteiger partial charge in [-0.3, -0.25) is 9.13 Å². The Labute approximate surface area is 215 Å². The number of hydrogen-bond donors (Lipinski definition) is 4. The molecule has 13 nitrogen and oxygen atoms in total. The quantitative estimate of drug-likeness (QED) is 0.267. The second-order valence-corrected chi connectivity index (χ2v) is 12.7. The van der Waals surface area contributed by atoms with Crippen LogP contribution in [0.1, 0.15) is 95.9 Å². The van der Waals surface area contributed by atoms with Crippen LogP contribution < -0.4 is 5.73 Å². The minimum Gasteiger partial charge on any atom is -0.454 e. The maximum atomic E-state index is 13.3. The first-order chi connectivity index (χ1) is 16.7. The number of hydrogen-bond acceptors (Lipinski definition) is 10. The fraction of sp³-hybridized carbons (Fsp3) is 0.696. The van der Waals surface area contributed by atoms with Gasteiger partial charge in [-0.2, -0.15) is 0 Å². The molecule has 0 amide bonds. The summed E-state index contributed by atoms with van der Waals surface area (Å²) in [6.07, 6.45) is -1.78. The molecule has 0 bridgehead atoms. The third kappa shape index (κ3) is 7.25. The lowest BCUT2D eigenvalue weighted by molar-refractivity contribution is -0.00147. The molecule has 0 aliphatic rings. The Balaban J connectivity index is 2.89. The molecule has 1 atom stereocenters. The van der Waals surface area contributed by atoms with Gasteiger partial charge in [-0.15, -0.1) is 0 Å². The summed E-state index contributed by atoms with van der Waals surface area (Å²) in [7, 11) is -4.43. The zero-order valence-electron chi connectivity index (χ0n) is 22.6. The van der Waals surface area contributed by atoms with Crippen LogP contribution in [0.4, 0.5) is 5.82 Å². The number of nitrogens with two attached hydrogens (primary N) is 1. The Morgan fingerprint density at radius 2 is 1.49 bits per heavy atom. The summed E-state index contributed by atoms with van der Waals surface area (Å²) in [5.74, 6) is -2.50. The molecule has 208 valence electrons. The number of ether oxygens (including phenoxy) is 2. The first kappa shape index (κ1) is 30.6. The van der Waals surface area contributed by atoms with Gasteiger partial charge in [-0.25, -0.2) is 24.5 Å². The molecule has 0 saturated carbocycles. The summed E-state index contributed by atoms with van der Waals surface area (Å²) in [5.41, 5.74) is 3.06. The number of carbonyl (C=O) groups is 2. The average molecular weight is 544 g/mol. The molecule has 0 radical (unpaired) electrons. The van der Waals surface area contributed by atoms with E-state index in [1.807, 2.05) is 0 Å². The summed E-state index contributed by atoms with van der Waals surface area (Å²) in [6.45, 7) is 13.5. The number of imidazole rings is 1. The summed E-state index contributed by atoms with van der Waals surface area (Å²) >= 11 is 0. The molecule has 0 unspecified atom stereocenters. The van der Waals surface area contributed by atoms with E-state index in [-0.39, 0.29) is 47.9 Å². The lowest BCUT2D eigenvalue weighted by Crippen LogP contribution is -2.46. The minimum absolute atomic E-state index is 0.00151. The maximum Gasteiger partial charge on any atom is 0.377 e. The normalized spacial score (nSPS) is 14.0. The average Bonchev–Trinajstić information content (AvgIpc) is 3.11. The molecule has 0 aromatic carbocycles. The summed E-state index contributed by atoms with van der Waals surface area (Å²) < 4.78 is 23.8. The van der Waals surface area contributed by atoms with Crippen molar-refractivity contribution in [3.63, 3.8) is 0 Å². The summed E-state index contributed by atoms with van der Waals surface area (Å²) in [6, 6.07) is 0. The Kier molecular flexibility index (Phi) is 8.81. The van der Waals surface area contributed by atoms with E-state index in [1.54, 1.807) is 55.4 Å². The maximum absolute atomic E-state index is 13.3. The van der Waals surface area contributed by atoms with Crippen molar-refractivity contribution in [1.82, 2.24) is 19.5 Å². The number of anilines is 1. The Morgan fingerprint density at radius 1 is 0.973 bits per heavy atom. The van der Waals surface area contributed by atoms with Crippen LogP contribution >= 0.6 is 7.60 Å². The standard InChI is InChI=1S/C23H38N5O8P/c1-9-23(10-2,13(29)11-12-37(32,33)34)28-17-14(25-18(28)20(31)36-22(6,7)8)15(24)26-16(27-17)19(30)35-21(3,4)5/h13,29H,9-12H2,1-8H3,(H2,24,26,27)(H2,32,33,34)/t13-/m1/s1. The number of esters is 2. The predicted molar refractivity (Wildman–Crippen MR) is 136 cm³/mol. The van der Waals surface area contributed by atoms with Crippen LogP contribution in [-0.2, 0) is 19.6 Å². The van der Waals surface area contributed by atoms with Crippen LogP contribution in [0.5, 0.6) is 0 Å². The number of aromatic nitrogens is 4. The SMILES string of the molecule is CCC(CC)([C@H](O)CCP(=O)(O)O)n1c(C(=O)OC(C)(C)C)nc2c(N)nc(C(=O)OC(C)(C)C)nc21. The van der Waals surface area contributed by atoms with E-state index in [1.165, 1.54) is 4.57 Å². The first-order valence-corrected chi connectivity index (χ1v) is 13.8. The molecule has 2 heterocycles. The van der Waals surface area contributed by atoms with Gasteiger partial charge in [0.15, 0.2) is 17.0 Å². The van der Waals surface area contributed by atoms with E-state index in [2.05, 4.69) is 15.0 Å². The monoisotopic (exact) mass is 543 g/mol. The van der Waals surface area contributed by atoms with E-state index in [4.69, 9.17) is 15.2 Å². The van der Waals surface area contributed by atoms with Crippen LogP contribution in [0.25, 0.3) is 11.2 Å². The number of nitrogen functional groups attached to an aromatic ring is 1. The second-order valence-electron chi connectivity index (χ2n) is 10.9. The molecule has 2 rings (SSSR count). The number of nitrogens with zero attached hydrogens (tertiary/aromatic N) is 4. The summed E-state index contributed by atoms with van der Waals surface area (Å²) in [4.78, 5) is 57.6. The topological polar surface area (TPSA) is 200 Å². The molecule has 2 aromatic heterocycles. The van der Waals surface area contributed by atoms with Crippen molar-refractivity contribution in [3.8, 4) is 0 Å². The molecule has 5 N–H and O–H groups in total.